The molecule has 0 amide bonds. The summed E-state index contributed by atoms with van der Waals surface area (Å²) in [6.07, 6.45) is 1.48. The molecule has 0 unspecified atom stereocenters. The summed E-state index contributed by atoms with van der Waals surface area (Å²) in [5, 5.41) is 2.03. The van der Waals surface area contributed by atoms with E-state index in [1.807, 2.05) is 15.5 Å². The van der Waals surface area contributed by atoms with Crippen LogP contribution in [0.1, 0.15) is 11.5 Å². The van der Waals surface area contributed by atoms with Crippen LogP contribution in [0.4, 0.5) is 4.39 Å². The van der Waals surface area contributed by atoms with Crippen molar-refractivity contribution >= 4 is 34.0 Å². The molecule has 0 fully saturated rings. The molecule has 0 spiro atoms. The van der Waals surface area contributed by atoms with Crippen LogP contribution >= 0.6 is 22.9 Å². The van der Waals surface area contributed by atoms with Crippen molar-refractivity contribution in [3.8, 4) is 0 Å². The Balaban J connectivity index is 1.96. The van der Waals surface area contributed by atoms with E-state index in [1.165, 1.54) is 12.1 Å². The van der Waals surface area contributed by atoms with Gasteiger partial charge in [0, 0.05) is 30.6 Å². The van der Waals surface area contributed by atoms with E-state index in [2.05, 4.69) is 9.97 Å². The van der Waals surface area contributed by atoms with Crippen LogP contribution in [0.25, 0.3) is 11.0 Å². The number of alkyl halides is 1. The molecule has 3 nitrogen and oxygen atoms in total. The first kappa shape index (κ1) is 13.5. The molecule has 3 aromatic rings. The van der Waals surface area contributed by atoms with Gasteiger partial charge in [-0.2, -0.15) is 0 Å². The van der Waals surface area contributed by atoms with Crippen molar-refractivity contribution in [2.24, 2.45) is 0 Å². The van der Waals surface area contributed by atoms with Crippen molar-refractivity contribution in [1.82, 2.24) is 14.5 Å². The van der Waals surface area contributed by atoms with Gasteiger partial charge in [0.25, 0.3) is 0 Å². The van der Waals surface area contributed by atoms with Gasteiger partial charge >= 0.3 is 0 Å². The zero-order valence-corrected chi connectivity index (χ0v) is 12.3. The fourth-order valence-corrected chi connectivity index (χ4v) is 3.02. The van der Waals surface area contributed by atoms with Crippen LogP contribution in [-0.2, 0) is 19.4 Å². The van der Waals surface area contributed by atoms with Crippen LogP contribution in [0, 0.1) is 5.82 Å². The first-order valence-electron chi connectivity index (χ1n) is 6.35. The molecular formula is C14H13ClFN3S. The van der Waals surface area contributed by atoms with Crippen LogP contribution in [0.2, 0.25) is 0 Å². The van der Waals surface area contributed by atoms with E-state index < -0.39 is 0 Å². The maximum atomic E-state index is 13.4. The highest BCUT2D eigenvalue weighted by Gasteiger charge is 2.11. The number of nitrogens with zero attached hydrogens (tertiary/aromatic N) is 3. The first-order valence-corrected chi connectivity index (χ1v) is 7.83. The Labute approximate surface area is 125 Å². The Morgan fingerprint density at radius 3 is 2.95 bits per heavy atom. The largest absolute Gasteiger partial charge is 0.327 e. The zero-order chi connectivity index (χ0) is 13.9. The molecule has 0 N–H and O–H groups in total. The monoisotopic (exact) mass is 309 g/mol. The minimum absolute atomic E-state index is 0.246. The number of benzene rings is 1. The standard InChI is InChI=1S/C14H13ClFN3S/c15-5-3-14-18-12-2-1-10(16)7-13(12)19(14)6-4-11-8-20-9-17-11/h1-2,7-9H,3-6H2. The predicted molar refractivity (Wildman–Crippen MR) is 79.9 cm³/mol. The first-order chi connectivity index (χ1) is 9.78. The predicted octanol–water partition coefficient (Wildman–Crippen LogP) is 3.66. The maximum Gasteiger partial charge on any atom is 0.125 e. The molecule has 2 heterocycles. The molecule has 1 aromatic carbocycles. The highest BCUT2D eigenvalue weighted by Crippen LogP contribution is 2.19. The number of imidazole rings is 1. The van der Waals surface area contributed by atoms with Crippen LogP contribution in [0.5, 0.6) is 0 Å². The van der Waals surface area contributed by atoms with E-state index >= 15 is 0 Å². The average molecular weight is 310 g/mol. The van der Waals surface area contributed by atoms with Gasteiger partial charge in [-0.25, -0.2) is 14.4 Å². The Bertz CT molecular complexity index is 709. The molecule has 20 heavy (non-hydrogen) atoms. The summed E-state index contributed by atoms with van der Waals surface area (Å²) in [5.41, 5.74) is 4.50. The number of aryl methyl sites for hydroxylation is 3. The second-order valence-electron chi connectivity index (χ2n) is 4.48. The van der Waals surface area contributed by atoms with E-state index in [0.717, 1.165) is 35.5 Å². The molecule has 104 valence electrons. The number of halogens is 2. The Hall–Kier alpha value is -1.46. The average Bonchev–Trinajstić information content (AvgIpc) is 3.04. The van der Waals surface area contributed by atoms with Crippen molar-refractivity contribution in [1.29, 1.82) is 0 Å². The number of rotatable bonds is 5. The zero-order valence-electron chi connectivity index (χ0n) is 10.7. The lowest BCUT2D eigenvalue weighted by molar-refractivity contribution is 0.625. The van der Waals surface area contributed by atoms with Crippen molar-refractivity contribution in [2.75, 3.05) is 5.88 Å². The van der Waals surface area contributed by atoms with Crippen LogP contribution in [0.3, 0.4) is 0 Å². The van der Waals surface area contributed by atoms with Crippen molar-refractivity contribution in [3.05, 3.63) is 46.4 Å². The van der Waals surface area contributed by atoms with Crippen LogP contribution in [-0.4, -0.2) is 20.4 Å². The van der Waals surface area contributed by atoms with Gasteiger partial charge < -0.3 is 4.57 Å². The summed E-state index contributed by atoms with van der Waals surface area (Å²) < 4.78 is 15.5. The van der Waals surface area contributed by atoms with Gasteiger partial charge in [0.05, 0.1) is 22.2 Å². The van der Waals surface area contributed by atoms with Gasteiger partial charge in [0.15, 0.2) is 0 Å². The Kier molecular flexibility index (Phi) is 3.98. The van der Waals surface area contributed by atoms with Crippen molar-refractivity contribution in [3.63, 3.8) is 0 Å². The normalized spacial score (nSPS) is 11.3. The number of aromatic nitrogens is 3. The molecule has 0 bridgehead atoms. The lowest BCUT2D eigenvalue weighted by Crippen LogP contribution is -2.07. The highest BCUT2D eigenvalue weighted by molar-refractivity contribution is 7.07. The number of hydrogen-bond acceptors (Lipinski definition) is 3. The minimum Gasteiger partial charge on any atom is -0.327 e. The van der Waals surface area contributed by atoms with Gasteiger partial charge in [-0.05, 0) is 18.2 Å². The fraction of sp³-hybridized carbons (Fsp3) is 0.286. The van der Waals surface area contributed by atoms with E-state index in [9.17, 15) is 4.39 Å². The molecule has 0 aliphatic rings. The molecule has 0 saturated carbocycles. The summed E-state index contributed by atoms with van der Waals surface area (Å²) in [6.45, 7) is 0.732. The number of hydrogen-bond donors (Lipinski definition) is 0. The second kappa shape index (κ2) is 5.89. The smallest absolute Gasteiger partial charge is 0.125 e. The summed E-state index contributed by atoms with van der Waals surface area (Å²) in [7, 11) is 0. The number of fused-ring (bicyclic) bond motifs is 1. The third-order valence-corrected chi connectivity index (χ3v) is 4.01. The van der Waals surface area contributed by atoms with Crippen molar-refractivity contribution < 1.29 is 4.39 Å². The summed E-state index contributed by atoms with van der Waals surface area (Å²) in [5.74, 6) is 1.16. The van der Waals surface area contributed by atoms with Gasteiger partial charge in [-0.15, -0.1) is 22.9 Å². The van der Waals surface area contributed by atoms with E-state index in [-0.39, 0.29) is 5.82 Å². The van der Waals surface area contributed by atoms with Gasteiger partial charge in [-0.1, -0.05) is 0 Å². The highest BCUT2D eigenvalue weighted by atomic mass is 35.5. The molecule has 0 aliphatic heterocycles. The van der Waals surface area contributed by atoms with Crippen LogP contribution < -0.4 is 0 Å². The van der Waals surface area contributed by atoms with E-state index in [0.29, 0.717) is 12.3 Å². The molecule has 0 radical (unpaired) electrons. The molecule has 0 saturated heterocycles. The quantitative estimate of drug-likeness (QED) is 0.673. The molecular weight excluding hydrogens is 297 g/mol. The second-order valence-corrected chi connectivity index (χ2v) is 5.58. The van der Waals surface area contributed by atoms with E-state index in [1.54, 1.807) is 17.4 Å². The van der Waals surface area contributed by atoms with E-state index in [4.69, 9.17) is 11.6 Å². The van der Waals surface area contributed by atoms with Crippen LogP contribution in [0.15, 0.2) is 29.1 Å². The summed E-state index contributed by atoms with van der Waals surface area (Å²) >= 11 is 7.41. The maximum absolute atomic E-state index is 13.4. The summed E-state index contributed by atoms with van der Waals surface area (Å²) in [6, 6.07) is 4.67. The molecule has 0 atom stereocenters. The van der Waals surface area contributed by atoms with Gasteiger partial charge in [-0.3, -0.25) is 0 Å². The molecule has 0 aliphatic carbocycles. The topological polar surface area (TPSA) is 30.7 Å². The third-order valence-electron chi connectivity index (χ3n) is 3.18. The van der Waals surface area contributed by atoms with Gasteiger partial charge in [0.2, 0.25) is 0 Å². The van der Waals surface area contributed by atoms with Crippen molar-refractivity contribution in [2.45, 2.75) is 19.4 Å². The third kappa shape index (κ3) is 2.69. The fourth-order valence-electron chi connectivity index (χ4n) is 2.26. The summed E-state index contributed by atoms with van der Waals surface area (Å²) in [4.78, 5) is 8.81. The molecule has 6 heteroatoms. The number of thiazole rings is 1. The van der Waals surface area contributed by atoms with Gasteiger partial charge in [0.1, 0.15) is 11.6 Å². The Morgan fingerprint density at radius 2 is 2.20 bits per heavy atom. The minimum atomic E-state index is -0.246. The lowest BCUT2D eigenvalue weighted by atomic mass is 10.3. The Morgan fingerprint density at radius 1 is 1.30 bits per heavy atom. The lowest BCUT2D eigenvalue weighted by Gasteiger charge is -2.07. The molecule has 2 aromatic heterocycles. The molecule has 3 rings (SSSR count). The SMILES string of the molecule is Fc1ccc2nc(CCCl)n(CCc3cscn3)c2c1.